The minimum Gasteiger partial charge on any atom is -0.0626 e. The molecule has 1 aliphatic carbocycles. The van der Waals surface area contributed by atoms with Crippen LogP contribution in [0.5, 0.6) is 0 Å². The summed E-state index contributed by atoms with van der Waals surface area (Å²) in [7, 11) is 0. The van der Waals surface area contributed by atoms with E-state index in [0.717, 1.165) is 0 Å². The van der Waals surface area contributed by atoms with Crippen LogP contribution >= 0.6 is 0 Å². The Hall–Kier alpha value is -1.16. The van der Waals surface area contributed by atoms with Crippen molar-refractivity contribution in [3.63, 3.8) is 0 Å². The summed E-state index contributed by atoms with van der Waals surface area (Å²) in [5, 5.41) is 5.64. The van der Waals surface area contributed by atoms with Gasteiger partial charge in [-0.15, -0.1) is 0 Å². The Kier molecular flexibility index (Phi) is 4.63. The van der Waals surface area contributed by atoms with Gasteiger partial charge in [-0.2, -0.15) is 0 Å². The first kappa shape index (κ1) is 15.2. The second-order valence-corrected chi connectivity index (χ2v) is 5.29. The number of hydrogen-bond donors (Lipinski definition) is 0. The zero-order chi connectivity index (χ0) is 11.9. The SMILES string of the molecule is [BH4-].[Li+].c1ccc2c(c1)ccc1c3c(ccc12)CCCC3. The van der Waals surface area contributed by atoms with Gasteiger partial charge in [-0.1, -0.05) is 56.9 Å². The van der Waals surface area contributed by atoms with E-state index in [1.165, 1.54) is 47.2 Å². The molecule has 0 amide bonds. The Morgan fingerprint density at radius 3 is 2.30 bits per heavy atom. The molecular formula is C18H20BLi. The molecule has 0 saturated carbocycles. The molecule has 0 radical (unpaired) electrons. The first-order chi connectivity index (χ1) is 8.93. The maximum absolute atomic E-state index is 2.35. The van der Waals surface area contributed by atoms with Crippen LogP contribution in [0.1, 0.15) is 24.0 Å². The molecule has 20 heavy (non-hydrogen) atoms. The minimum atomic E-state index is 0. The molecule has 0 fully saturated rings. The van der Waals surface area contributed by atoms with Gasteiger partial charge in [0.25, 0.3) is 0 Å². The third-order valence-corrected chi connectivity index (χ3v) is 4.26. The molecule has 0 saturated heterocycles. The van der Waals surface area contributed by atoms with Gasteiger partial charge in [0.2, 0.25) is 0 Å². The summed E-state index contributed by atoms with van der Waals surface area (Å²) >= 11 is 0. The van der Waals surface area contributed by atoms with E-state index in [1.807, 2.05) is 0 Å². The topological polar surface area (TPSA) is 0 Å². The Labute approximate surface area is 134 Å². The van der Waals surface area contributed by atoms with E-state index < -0.39 is 0 Å². The van der Waals surface area contributed by atoms with Crippen molar-refractivity contribution in [2.24, 2.45) is 0 Å². The zero-order valence-corrected chi connectivity index (χ0v) is 11.4. The van der Waals surface area contributed by atoms with E-state index >= 15 is 0 Å². The van der Waals surface area contributed by atoms with Crippen molar-refractivity contribution in [1.29, 1.82) is 0 Å². The summed E-state index contributed by atoms with van der Waals surface area (Å²) in [6, 6.07) is 18.0. The summed E-state index contributed by atoms with van der Waals surface area (Å²) in [6.45, 7) is 0. The predicted octanol–water partition coefficient (Wildman–Crippen LogP) is 0.424. The molecular weight excluding hydrogens is 234 g/mol. The molecule has 3 aromatic rings. The maximum atomic E-state index is 2.35. The fourth-order valence-electron chi connectivity index (χ4n) is 3.34. The van der Waals surface area contributed by atoms with Crippen molar-refractivity contribution in [2.45, 2.75) is 25.7 Å². The molecule has 4 rings (SSSR count). The van der Waals surface area contributed by atoms with Crippen molar-refractivity contribution in [3.05, 3.63) is 59.7 Å². The Bertz CT molecular complexity index is 749. The summed E-state index contributed by atoms with van der Waals surface area (Å²) in [5.74, 6) is 0. The standard InChI is InChI=1S/C18H16.BH4.Li/c1-3-7-15-13(5-1)9-11-18-16-8-4-2-6-14(16)10-12-17(15)18;;/h1,3,5,7,9-12H,2,4,6,8H2;1H4;/q;-1;+1. The van der Waals surface area contributed by atoms with E-state index in [4.69, 9.17) is 0 Å². The first-order valence-corrected chi connectivity index (χ1v) is 6.86. The fourth-order valence-corrected chi connectivity index (χ4v) is 3.34. The number of fused-ring (bicyclic) bond motifs is 5. The molecule has 0 bridgehead atoms. The van der Waals surface area contributed by atoms with Crippen molar-refractivity contribution >= 4 is 30.0 Å². The van der Waals surface area contributed by atoms with Gasteiger partial charge in [0.15, 0.2) is 0 Å². The quantitative estimate of drug-likeness (QED) is 0.403. The second-order valence-electron chi connectivity index (χ2n) is 5.29. The van der Waals surface area contributed by atoms with Gasteiger partial charge >= 0.3 is 18.9 Å². The third-order valence-electron chi connectivity index (χ3n) is 4.26. The molecule has 0 nitrogen and oxygen atoms in total. The maximum Gasteiger partial charge on any atom is 1.00 e. The molecule has 2 heteroatoms. The van der Waals surface area contributed by atoms with Crippen LogP contribution in [0.2, 0.25) is 0 Å². The second kappa shape index (κ2) is 6.08. The number of benzene rings is 3. The van der Waals surface area contributed by atoms with Crippen LogP contribution in [0.15, 0.2) is 48.5 Å². The monoisotopic (exact) mass is 254 g/mol. The van der Waals surface area contributed by atoms with Crippen LogP contribution in [0.3, 0.4) is 0 Å². The van der Waals surface area contributed by atoms with E-state index in [2.05, 4.69) is 48.5 Å². The fraction of sp³-hybridized carbons (Fsp3) is 0.222. The van der Waals surface area contributed by atoms with Gasteiger partial charge in [-0.05, 0) is 58.4 Å². The van der Waals surface area contributed by atoms with Crippen LogP contribution < -0.4 is 18.9 Å². The van der Waals surface area contributed by atoms with Gasteiger partial charge in [-0.3, -0.25) is 0 Å². The number of aryl methyl sites for hydroxylation is 2. The normalized spacial score (nSPS) is 13.4. The molecule has 0 atom stereocenters. The molecule has 3 aromatic carbocycles. The van der Waals surface area contributed by atoms with Gasteiger partial charge in [0.05, 0.1) is 0 Å². The average Bonchev–Trinajstić information content (AvgIpc) is 2.46. The van der Waals surface area contributed by atoms with Gasteiger partial charge in [-0.25, -0.2) is 0 Å². The van der Waals surface area contributed by atoms with Crippen LogP contribution in [0, 0.1) is 0 Å². The smallest absolute Gasteiger partial charge is 0.0626 e. The minimum absolute atomic E-state index is 0. The molecule has 0 spiro atoms. The Morgan fingerprint density at radius 2 is 1.40 bits per heavy atom. The first-order valence-electron chi connectivity index (χ1n) is 6.86. The van der Waals surface area contributed by atoms with Crippen molar-refractivity contribution in [2.75, 3.05) is 0 Å². The molecule has 1 aliphatic rings. The summed E-state index contributed by atoms with van der Waals surface area (Å²) in [6.07, 6.45) is 5.22. The summed E-state index contributed by atoms with van der Waals surface area (Å²) < 4.78 is 0. The van der Waals surface area contributed by atoms with Crippen molar-refractivity contribution in [1.82, 2.24) is 0 Å². The largest absolute Gasteiger partial charge is 1.00 e. The van der Waals surface area contributed by atoms with Crippen molar-refractivity contribution in [3.8, 4) is 0 Å². The molecule has 0 aromatic heterocycles. The van der Waals surface area contributed by atoms with E-state index in [9.17, 15) is 0 Å². The van der Waals surface area contributed by atoms with Gasteiger partial charge in [0, 0.05) is 0 Å². The number of hydrogen-bond acceptors (Lipinski definition) is 0. The average molecular weight is 254 g/mol. The van der Waals surface area contributed by atoms with Crippen LogP contribution in [-0.2, 0) is 12.8 Å². The molecule has 0 aliphatic heterocycles. The van der Waals surface area contributed by atoms with E-state index in [-0.39, 0.29) is 27.3 Å². The summed E-state index contributed by atoms with van der Waals surface area (Å²) in [4.78, 5) is 0. The van der Waals surface area contributed by atoms with Crippen LogP contribution in [0.4, 0.5) is 0 Å². The zero-order valence-electron chi connectivity index (χ0n) is 11.4. The molecule has 0 N–H and O–H groups in total. The van der Waals surface area contributed by atoms with E-state index in [0.29, 0.717) is 0 Å². The Balaban J connectivity index is 0.000000735. The van der Waals surface area contributed by atoms with Crippen LogP contribution in [-0.4, -0.2) is 8.41 Å². The Morgan fingerprint density at radius 1 is 0.650 bits per heavy atom. The predicted molar refractivity (Wildman–Crippen MR) is 89.4 cm³/mol. The third kappa shape index (κ3) is 2.30. The molecule has 0 unspecified atom stereocenters. The number of rotatable bonds is 0. The van der Waals surface area contributed by atoms with Crippen LogP contribution in [0.25, 0.3) is 21.5 Å². The van der Waals surface area contributed by atoms with Gasteiger partial charge < -0.3 is 0 Å². The molecule has 0 heterocycles. The van der Waals surface area contributed by atoms with E-state index in [1.54, 1.807) is 11.1 Å². The summed E-state index contributed by atoms with van der Waals surface area (Å²) in [5.41, 5.74) is 3.17. The van der Waals surface area contributed by atoms with Gasteiger partial charge in [0.1, 0.15) is 0 Å². The molecule has 96 valence electrons. The van der Waals surface area contributed by atoms with Crippen molar-refractivity contribution < 1.29 is 18.9 Å².